The average Bonchev–Trinajstić information content (AvgIpc) is 2.63. The molecule has 0 radical (unpaired) electrons. The van der Waals surface area contributed by atoms with Gasteiger partial charge in [-0.1, -0.05) is 11.8 Å². The van der Waals surface area contributed by atoms with E-state index < -0.39 is 0 Å². The van der Waals surface area contributed by atoms with Crippen LogP contribution in [0.2, 0.25) is 0 Å². The predicted molar refractivity (Wildman–Crippen MR) is 74.7 cm³/mol. The van der Waals surface area contributed by atoms with Crippen LogP contribution in [-0.4, -0.2) is 33.1 Å². The van der Waals surface area contributed by atoms with Gasteiger partial charge in [-0.2, -0.15) is 11.8 Å². The summed E-state index contributed by atoms with van der Waals surface area (Å²) in [6.07, 6.45) is 1.97. The van der Waals surface area contributed by atoms with Gasteiger partial charge in [-0.15, -0.1) is 10.2 Å². The summed E-state index contributed by atoms with van der Waals surface area (Å²) < 4.78 is 5.41. The molecule has 18 heavy (non-hydrogen) atoms. The lowest BCUT2D eigenvalue weighted by atomic mass is 10.1. The van der Waals surface area contributed by atoms with Gasteiger partial charge in [0.2, 0.25) is 11.8 Å². The Hall–Kier alpha value is -0.690. The largest absolute Gasteiger partial charge is 0.415 e. The van der Waals surface area contributed by atoms with Crippen molar-refractivity contribution in [1.82, 2.24) is 15.5 Å². The fraction of sp³-hybridized carbons (Fsp3) is 0.727. The van der Waals surface area contributed by atoms with E-state index in [-0.39, 0.29) is 16.7 Å². The van der Waals surface area contributed by atoms with E-state index in [1.807, 2.05) is 34.0 Å². The van der Waals surface area contributed by atoms with Crippen LogP contribution in [-0.2, 0) is 10.5 Å². The van der Waals surface area contributed by atoms with Crippen LogP contribution in [0.1, 0.15) is 33.6 Å². The summed E-state index contributed by atoms with van der Waals surface area (Å²) in [5.41, 5.74) is -0.231. The third kappa shape index (κ3) is 5.30. The second kappa shape index (κ2) is 6.47. The quantitative estimate of drug-likeness (QED) is 0.839. The van der Waals surface area contributed by atoms with Crippen LogP contribution in [0.5, 0.6) is 0 Å². The zero-order chi connectivity index (χ0) is 13.8. The van der Waals surface area contributed by atoms with Crippen molar-refractivity contribution in [2.45, 2.75) is 49.5 Å². The number of aromatic nitrogens is 2. The zero-order valence-electron chi connectivity index (χ0n) is 11.3. The van der Waals surface area contributed by atoms with Gasteiger partial charge >= 0.3 is 0 Å². The molecule has 1 atom stereocenters. The molecule has 0 aliphatic carbocycles. The number of nitrogens with zero attached hydrogens (tertiary/aromatic N) is 2. The van der Waals surface area contributed by atoms with Gasteiger partial charge in [0.1, 0.15) is 0 Å². The standard InChI is InChI=1S/C11H19N3O2S2/c1-7(9(15)12-11(2,3)4)18-10-14-13-8(16-10)6-17-5/h7H,6H2,1-5H3,(H,12,15). The number of amides is 1. The summed E-state index contributed by atoms with van der Waals surface area (Å²) in [5.74, 6) is 1.25. The van der Waals surface area contributed by atoms with Gasteiger partial charge in [-0.25, -0.2) is 0 Å². The van der Waals surface area contributed by atoms with Crippen LogP contribution in [0.15, 0.2) is 9.64 Å². The highest BCUT2D eigenvalue weighted by Crippen LogP contribution is 2.23. The first-order valence-electron chi connectivity index (χ1n) is 5.62. The number of carbonyl (C=O) groups is 1. The van der Waals surface area contributed by atoms with E-state index in [9.17, 15) is 4.79 Å². The molecule has 1 amide bonds. The maximum absolute atomic E-state index is 11.9. The first-order valence-corrected chi connectivity index (χ1v) is 7.89. The molecule has 0 aliphatic heterocycles. The van der Waals surface area contributed by atoms with Gasteiger partial charge in [0.25, 0.3) is 5.22 Å². The summed E-state index contributed by atoms with van der Waals surface area (Å²) in [4.78, 5) is 11.9. The van der Waals surface area contributed by atoms with E-state index in [4.69, 9.17) is 4.42 Å². The van der Waals surface area contributed by atoms with Gasteiger partial charge in [-0.05, 0) is 34.0 Å². The van der Waals surface area contributed by atoms with Crippen molar-refractivity contribution in [3.63, 3.8) is 0 Å². The molecule has 1 unspecified atom stereocenters. The van der Waals surface area contributed by atoms with E-state index in [0.29, 0.717) is 16.9 Å². The van der Waals surface area contributed by atoms with Gasteiger partial charge in [0, 0.05) is 5.54 Å². The fourth-order valence-corrected chi connectivity index (χ4v) is 2.21. The van der Waals surface area contributed by atoms with Crippen LogP contribution in [0, 0.1) is 0 Å². The number of nitrogens with one attached hydrogen (secondary N) is 1. The minimum absolute atomic E-state index is 0.0304. The fourth-order valence-electron chi connectivity index (χ4n) is 1.14. The first kappa shape index (κ1) is 15.4. The van der Waals surface area contributed by atoms with Crippen molar-refractivity contribution in [3.05, 3.63) is 5.89 Å². The Balaban J connectivity index is 2.52. The highest BCUT2D eigenvalue weighted by atomic mass is 32.2. The third-order valence-electron chi connectivity index (χ3n) is 1.86. The van der Waals surface area contributed by atoms with Crippen LogP contribution < -0.4 is 5.32 Å². The zero-order valence-corrected chi connectivity index (χ0v) is 12.9. The molecule has 5 nitrogen and oxygen atoms in total. The van der Waals surface area contributed by atoms with Crippen LogP contribution in [0.3, 0.4) is 0 Å². The Bertz CT molecular complexity index is 401. The molecule has 1 heterocycles. The van der Waals surface area contributed by atoms with Gasteiger partial charge in [-0.3, -0.25) is 4.79 Å². The van der Waals surface area contributed by atoms with E-state index in [1.165, 1.54) is 11.8 Å². The first-order chi connectivity index (χ1) is 8.31. The molecule has 0 aliphatic rings. The lowest BCUT2D eigenvalue weighted by molar-refractivity contribution is -0.121. The second-order valence-electron chi connectivity index (χ2n) is 4.89. The molecule has 7 heteroatoms. The molecule has 1 rings (SSSR count). The monoisotopic (exact) mass is 289 g/mol. The Morgan fingerprint density at radius 1 is 1.44 bits per heavy atom. The second-order valence-corrected chi connectivity index (χ2v) is 7.05. The van der Waals surface area contributed by atoms with Crippen molar-refractivity contribution < 1.29 is 9.21 Å². The number of hydrogen-bond donors (Lipinski definition) is 1. The van der Waals surface area contributed by atoms with Crippen molar-refractivity contribution in [2.24, 2.45) is 0 Å². The highest BCUT2D eigenvalue weighted by Gasteiger charge is 2.22. The van der Waals surface area contributed by atoms with Gasteiger partial charge in [0.05, 0.1) is 11.0 Å². The topological polar surface area (TPSA) is 68.0 Å². The van der Waals surface area contributed by atoms with Crippen molar-refractivity contribution in [2.75, 3.05) is 6.26 Å². The third-order valence-corrected chi connectivity index (χ3v) is 3.33. The normalized spacial score (nSPS) is 13.4. The molecular formula is C11H19N3O2S2. The van der Waals surface area contributed by atoms with Crippen LogP contribution in [0.4, 0.5) is 0 Å². The molecular weight excluding hydrogens is 270 g/mol. The molecule has 0 saturated heterocycles. The maximum Gasteiger partial charge on any atom is 0.277 e. The predicted octanol–water partition coefficient (Wildman–Crippen LogP) is 2.33. The summed E-state index contributed by atoms with van der Waals surface area (Å²) in [5, 5.41) is 10.9. The summed E-state index contributed by atoms with van der Waals surface area (Å²) in [7, 11) is 0. The minimum Gasteiger partial charge on any atom is -0.415 e. The van der Waals surface area contributed by atoms with E-state index >= 15 is 0 Å². The summed E-state index contributed by atoms with van der Waals surface area (Å²) in [6.45, 7) is 7.67. The Labute approximate surface area is 116 Å². The molecule has 0 aromatic carbocycles. The molecule has 0 saturated carbocycles. The molecule has 102 valence electrons. The number of carbonyl (C=O) groups excluding carboxylic acids is 1. The van der Waals surface area contributed by atoms with Gasteiger partial charge < -0.3 is 9.73 Å². The molecule has 1 aromatic heterocycles. The Kier molecular flexibility index (Phi) is 5.52. The summed E-state index contributed by atoms with van der Waals surface area (Å²) in [6, 6.07) is 0. The molecule has 0 spiro atoms. The molecule has 1 N–H and O–H groups in total. The van der Waals surface area contributed by atoms with E-state index in [1.54, 1.807) is 11.8 Å². The average molecular weight is 289 g/mol. The highest BCUT2D eigenvalue weighted by molar-refractivity contribution is 8.00. The smallest absolute Gasteiger partial charge is 0.277 e. The number of rotatable bonds is 5. The lowest BCUT2D eigenvalue weighted by Crippen LogP contribution is -2.44. The van der Waals surface area contributed by atoms with Crippen LogP contribution in [0.25, 0.3) is 0 Å². The van der Waals surface area contributed by atoms with Crippen molar-refractivity contribution >= 4 is 29.4 Å². The Morgan fingerprint density at radius 3 is 2.67 bits per heavy atom. The van der Waals surface area contributed by atoms with E-state index in [0.717, 1.165) is 0 Å². The maximum atomic E-state index is 11.9. The van der Waals surface area contributed by atoms with Gasteiger partial charge in [0.15, 0.2) is 0 Å². The minimum atomic E-state index is -0.258. The molecule has 0 bridgehead atoms. The number of hydrogen-bond acceptors (Lipinski definition) is 6. The van der Waals surface area contributed by atoms with Crippen molar-refractivity contribution in [1.29, 1.82) is 0 Å². The Morgan fingerprint density at radius 2 is 2.11 bits per heavy atom. The van der Waals surface area contributed by atoms with E-state index in [2.05, 4.69) is 15.5 Å². The number of thioether (sulfide) groups is 2. The SMILES string of the molecule is CSCc1nnc(SC(C)C(=O)NC(C)(C)C)o1. The molecule has 1 aromatic rings. The van der Waals surface area contributed by atoms with Crippen LogP contribution >= 0.6 is 23.5 Å². The van der Waals surface area contributed by atoms with Crippen molar-refractivity contribution in [3.8, 4) is 0 Å². The molecule has 0 fully saturated rings. The summed E-state index contributed by atoms with van der Waals surface area (Å²) >= 11 is 2.89. The lowest BCUT2D eigenvalue weighted by Gasteiger charge is -2.22.